The molecule has 2 amide bonds. The number of benzene rings is 3. The van der Waals surface area contributed by atoms with Crippen LogP contribution in [0.1, 0.15) is 26.3 Å². The maximum Gasteiger partial charge on any atom is 0.460 e. The molecular formula is C25H20F6N2O3. The van der Waals surface area contributed by atoms with Gasteiger partial charge in [-0.05, 0) is 48.4 Å². The highest BCUT2D eigenvalue weighted by Crippen LogP contribution is 2.40. The number of halogens is 6. The molecule has 0 aliphatic carbocycles. The SMILES string of the molecule is O=C(Nc1ccccc1C(=O)NCCc1ccccc1)c1ccc(OC(F)C(F)(F)C(F)(F)F)cc1. The molecule has 0 aliphatic rings. The summed E-state index contributed by atoms with van der Waals surface area (Å²) in [5.41, 5.74) is 1.37. The molecule has 3 aromatic carbocycles. The van der Waals surface area contributed by atoms with Gasteiger partial charge in [-0.25, -0.2) is 0 Å². The van der Waals surface area contributed by atoms with Crippen LogP contribution in [0.2, 0.25) is 0 Å². The van der Waals surface area contributed by atoms with Crippen LogP contribution in [-0.2, 0) is 6.42 Å². The molecule has 0 heterocycles. The fraction of sp³-hybridized carbons (Fsp3) is 0.200. The van der Waals surface area contributed by atoms with Gasteiger partial charge in [-0.3, -0.25) is 9.59 Å². The van der Waals surface area contributed by atoms with E-state index in [2.05, 4.69) is 15.4 Å². The minimum atomic E-state index is -6.13. The third-order valence-electron chi connectivity index (χ3n) is 4.98. The summed E-state index contributed by atoms with van der Waals surface area (Å²) >= 11 is 0. The lowest BCUT2D eigenvalue weighted by molar-refractivity contribution is -0.328. The van der Waals surface area contributed by atoms with Crippen molar-refractivity contribution in [3.8, 4) is 5.75 Å². The summed E-state index contributed by atoms with van der Waals surface area (Å²) in [6, 6.07) is 19.5. The second kappa shape index (κ2) is 11.1. The summed E-state index contributed by atoms with van der Waals surface area (Å²) in [4.78, 5) is 25.2. The first-order chi connectivity index (χ1) is 17.0. The van der Waals surface area contributed by atoms with Crippen LogP contribution in [0.4, 0.5) is 32.0 Å². The second-order valence-corrected chi connectivity index (χ2v) is 7.57. The van der Waals surface area contributed by atoms with E-state index in [-0.39, 0.29) is 16.8 Å². The molecule has 0 aliphatic heterocycles. The maximum atomic E-state index is 13.4. The van der Waals surface area contributed by atoms with Crippen molar-refractivity contribution in [1.82, 2.24) is 5.32 Å². The Kier molecular flexibility index (Phi) is 8.23. The zero-order valence-corrected chi connectivity index (χ0v) is 18.5. The Bertz CT molecular complexity index is 1180. The van der Waals surface area contributed by atoms with Crippen LogP contribution < -0.4 is 15.4 Å². The van der Waals surface area contributed by atoms with Crippen molar-refractivity contribution < 1.29 is 40.7 Å². The number of nitrogens with one attached hydrogen (secondary N) is 2. The quantitative estimate of drug-likeness (QED) is 0.359. The van der Waals surface area contributed by atoms with Gasteiger partial charge in [0.25, 0.3) is 11.8 Å². The molecule has 3 aromatic rings. The first kappa shape index (κ1) is 26.6. The maximum absolute atomic E-state index is 13.4. The van der Waals surface area contributed by atoms with Crippen LogP contribution in [0.5, 0.6) is 5.75 Å². The monoisotopic (exact) mass is 510 g/mol. The van der Waals surface area contributed by atoms with Crippen molar-refractivity contribution in [1.29, 1.82) is 0 Å². The normalized spacial score (nSPS) is 12.5. The number of rotatable bonds is 9. The fourth-order valence-electron chi connectivity index (χ4n) is 3.05. The van der Waals surface area contributed by atoms with Crippen LogP contribution in [0, 0.1) is 0 Å². The van der Waals surface area contributed by atoms with Crippen molar-refractivity contribution >= 4 is 17.5 Å². The molecule has 36 heavy (non-hydrogen) atoms. The van der Waals surface area contributed by atoms with Crippen molar-refractivity contribution in [2.24, 2.45) is 0 Å². The van der Waals surface area contributed by atoms with Gasteiger partial charge in [-0.15, -0.1) is 0 Å². The van der Waals surface area contributed by atoms with E-state index in [1.807, 2.05) is 30.3 Å². The largest absolute Gasteiger partial charge is 0.460 e. The van der Waals surface area contributed by atoms with Gasteiger partial charge in [-0.1, -0.05) is 42.5 Å². The van der Waals surface area contributed by atoms with Gasteiger partial charge in [0.15, 0.2) is 0 Å². The van der Waals surface area contributed by atoms with Crippen LogP contribution >= 0.6 is 0 Å². The molecule has 0 fully saturated rings. The Hall–Kier alpha value is -4.02. The summed E-state index contributed by atoms with van der Waals surface area (Å²) < 4.78 is 80.2. The Morgan fingerprint density at radius 2 is 1.42 bits per heavy atom. The van der Waals surface area contributed by atoms with Crippen molar-refractivity contribution in [3.05, 3.63) is 95.6 Å². The summed E-state index contributed by atoms with van der Waals surface area (Å²) in [6.45, 7) is 0.357. The molecule has 11 heteroatoms. The molecule has 0 saturated carbocycles. The van der Waals surface area contributed by atoms with Crippen molar-refractivity contribution in [2.45, 2.75) is 24.9 Å². The van der Waals surface area contributed by atoms with E-state index in [0.717, 1.165) is 29.8 Å². The van der Waals surface area contributed by atoms with Gasteiger partial charge in [-0.2, -0.15) is 26.3 Å². The minimum Gasteiger partial charge on any atom is -0.454 e. The number of anilines is 1. The van der Waals surface area contributed by atoms with Crippen LogP contribution in [0.3, 0.4) is 0 Å². The van der Waals surface area contributed by atoms with Crippen LogP contribution in [-0.4, -0.2) is 36.8 Å². The summed E-state index contributed by atoms with van der Waals surface area (Å²) in [5, 5.41) is 5.30. The molecule has 3 rings (SSSR count). The first-order valence-corrected chi connectivity index (χ1v) is 10.6. The lowest BCUT2D eigenvalue weighted by Gasteiger charge is -2.23. The third kappa shape index (κ3) is 6.55. The first-order valence-electron chi connectivity index (χ1n) is 10.6. The molecule has 1 atom stereocenters. The Morgan fingerprint density at radius 3 is 2.06 bits per heavy atom. The topological polar surface area (TPSA) is 67.4 Å². The molecule has 0 spiro atoms. The number of carbonyl (C=O) groups excluding carboxylic acids is 2. The predicted molar refractivity (Wildman–Crippen MR) is 120 cm³/mol. The lowest BCUT2D eigenvalue weighted by Crippen LogP contribution is -2.47. The van der Waals surface area contributed by atoms with Crippen molar-refractivity contribution in [3.63, 3.8) is 0 Å². The highest BCUT2D eigenvalue weighted by molar-refractivity contribution is 6.09. The molecular weight excluding hydrogens is 490 g/mol. The van der Waals surface area contributed by atoms with Crippen LogP contribution in [0.25, 0.3) is 0 Å². The smallest absolute Gasteiger partial charge is 0.454 e. The lowest BCUT2D eigenvalue weighted by atomic mass is 10.1. The highest BCUT2D eigenvalue weighted by Gasteiger charge is 2.65. The second-order valence-electron chi connectivity index (χ2n) is 7.57. The molecule has 190 valence electrons. The Labute approximate surface area is 202 Å². The zero-order chi connectivity index (χ0) is 26.3. The molecule has 0 radical (unpaired) electrons. The fourth-order valence-corrected chi connectivity index (χ4v) is 3.05. The summed E-state index contributed by atoms with van der Waals surface area (Å²) in [5.74, 6) is -7.48. The average molecular weight is 510 g/mol. The minimum absolute atomic E-state index is 0.0420. The molecule has 0 bridgehead atoms. The average Bonchev–Trinajstić information content (AvgIpc) is 2.84. The van der Waals surface area contributed by atoms with E-state index in [9.17, 15) is 35.9 Å². The molecule has 5 nitrogen and oxygen atoms in total. The number of hydrogen-bond donors (Lipinski definition) is 2. The van der Waals surface area contributed by atoms with Gasteiger partial charge < -0.3 is 15.4 Å². The van der Waals surface area contributed by atoms with E-state index < -0.39 is 36.0 Å². The van der Waals surface area contributed by atoms with Crippen molar-refractivity contribution in [2.75, 3.05) is 11.9 Å². The number of para-hydroxylation sites is 1. The van der Waals surface area contributed by atoms with Gasteiger partial charge in [0.1, 0.15) is 5.75 Å². The van der Waals surface area contributed by atoms with E-state index in [1.54, 1.807) is 12.1 Å². The van der Waals surface area contributed by atoms with Gasteiger partial charge in [0.2, 0.25) is 0 Å². The Balaban J connectivity index is 1.62. The van der Waals surface area contributed by atoms with Crippen LogP contribution in [0.15, 0.2) is 78.9 Å². The van der Waals surface area contributed by atoms with E-state index in [1.165, 1.54) is 12.1 Å². The highest BCUT2D eigenvalue weighted by atomic mass is 19.4. The molecule has 1 unspecified atom stereocenters. The number of carbonyl (C=O) groups is 2. The van der Waals surface area contributed by atoms with E-state index in [4.69, 9.17) is 0 Å². The summed E-state index contributed by atoms with van der Waals surface area (Å²) in [6.07, 6.45) is -9.50. The predicted octanol–water partition coefficient (Wildman–Crippen LogP) is 5.78. The number of ether oxygens (including phenoxy) is 1. The standard InChI is InChI=1S/C25H20F6N2O3/c26-23(24(27,28)25(29,30)31)36-18-12-10-17(11-13-18)21(34)33-20-9-5-4-8-19(20)22(35)32-15-14-16-6-2-1-3-7-16/h1-13,23H,14-15H2,(H,32,35)(H,33,34). The zero-order valence-electron chi connectivity index (χ0n) is 18.5. The number of hydrogen-bond acceptors (Lipinski definition) is 3. The van der Waals surface area contributed by atoms with Gasteiger partial charge in [0.05, 0.1) is 11.3 Å². The van der Waals surface area contributed by atoms with E-state index in [0.29, 0.717) is 13.0 Å². The van der Waals surface area contributed by atoms with Gasteiger partial charge in [0, 0.05) is 12.1 Å². The third-order valence-corrected chi connectivity index (χ3v) is 4.98. The number of amides is 2. The number of alkyl halides is 6. The molecule has 0 aromatic heterocycles. The van der Waals surface area contributed by atoms with Gasteiger partial charge >= 0.3 is 18.5 Å². The molecule has 2 N–H and O–H groups in total. The summed E-state index contributed by atoms with van der Waals surface area (Å²) in [7, 11) is 0. The van der Waals surface area contributed by atoms with E-state index >= 15 is 0 Å². The Morgan fingerprint density at radius 1 is 0.806 bits per heavy atom. The molecule has 0 saturated heterocycles.